The number of nitrogens with one attached hydrogen (secondary N) is 2. The van der Waals surface area contributed by atoms with Gasteiger partial charge in [-0.15, -0.1) is 0 Å². The molecule has 0 bridgehead atoms. The van der Waals surface area contributed by atoms with Crippen LogP contribution >= 0.6 is 12.2 Å². The maximum Gasteiger partial charge on any atom is 0.309 e. The second kappa shape index (κ2) is 5.65. The molecule has 83 valence electrons. The molecule has 0 aliphatic carbocycles. The zero-order chi connectivity index (χ0) is 11.3. The third-order valence-corrected chi connectivity index (χ3v) is 2.81. The van der Waals surface area contributed by atoms with Crippen molar-refractivity contribution in [3.8, 4) is 0 Å². The van der Waals surface area contributed by atoms with Crippen molar-refractivity contribution < 1.29 is 9.59 Å². The first kappa shape index (κ1) is 11.9. The van der Waals surface area contributed by atoms with Crippen LogP contribution in [0.15, 0.2) is 0 Å². The smallest absolute Gasteiger partial charge is 0.309 e. The Morgan fingerprint density at radius 1 is 1.60 bits per heavy atom. The molecule has 0 saturated carbocycles. The van der Waals surface area contributed by atoms with E-state index >= 15 is 0 Å². The lowest BCUT2D eigenvalue weighted by atomic mass is 10.1. The van der Waals surface area contributed by atoms with E-state index in [0.29, 0.717) is 18.1 Å². The number of hydrogen-bond donors (Lipinski definition) is 2. The lowest BCUT2D eigenvalue weighted by Crippen LogP contribution is -2.49. The van der Waals surface area contributed by atoms with Crippen molar-refractivity contribution in [1.29, 1.82) is 0 Å². The normalized spacial score (nSPS) is 21.8. The van der Waals surface area contributed by atoms with Gasteiger partial charge < -0.3 is 10.6 Å². The molecule has 0 aromatic carbocycles. The molecule has 2 amide bonds. The maximum absolute atomic E-state index is 11.9. The van der Waals surface area contributed by atoms with Crippen LogP contribution in [0.3, 0.4) is 0 Å². The number of nitrogens with zero attached hydrogens (tertiary/aromatic N) is 1. The highest BCUT2D eigenvalue weighted by molar-refractivity contribution is 7.80. The Hall–Kier alpha value is -1.17. The van der Waals surface area contributed by atoms with Gasteiger partial charge >= 0.3 is 6.41 Å². The second-order valence-electron chi connectivity index (χ2n) is 3.34. The average Bonchev–Trinajstić information content (AvgIpc) is 2.42. The molecule has 5 nitrogen and oxygen atoms in total. The quantitative estimate of drug-likeness (QED) is 0.495. The van der Waals surface area contributed by atoms with Crippen molar-refractivity contribution in [3.05, 3.63) is 0 Å². The number of amides is 2. The molecule has 1 aliphatic heterocycles. The van der Waals surface area contributed by atoms with Gasteiger partial charge in [0.05, 0.1) is 0 Å². The summed E-state index contributed by atoms with van der Waals surface area (Å²) in [6, 6.07) is -0.490. The van der Waals surface area contributed by atoms with Crippen LogP contribution in [0.5, 0.6) is 0 Å². The van der Waals surface area contributed by atoms with E-state index in [2.05, 4.69) is 10.6 Å². The summed E-state index contributed by atoms with van der Waals surface area (Å²) in [4.78, 5) is 23.6. The summed E-state index contributed by atoms with van der Waals surface area (Å²) < 4.78 is 0. The topological polar surface area (TPSA) is 61.4 Å². The number of carbonyl (C=O) groups excluding carboxylic acids is 2. The van der Waals surface area contributed by atoms with Crippen molar-refractivity contribution >= 4 is 29.6 Å². The molecule has 1 saturated heterocycles. The van der Waals surface area contributed by atoms with Gasteiger partial charge in [-0.2, -0.15) is 0 Å². The second-order valence-corrected chi connectivity index (χ2v) is 3.73. The highest BCUT2D eigenvalue weighted by Crippen LogP contribution is 2.12. The van der Waals surface area contributed by atoms with Gasteiger partial charge in [0.1, 0.15) is 6.04 Å². The van der Waals surface area contributed by atoms with Crippen LogP contribution in [0.2, 0.25) is 0 Å². The molecule has 1 heterocycles. The van der Waals surface area contributed by atoms with Crippen molar-refractivity contribution in [2.45, 2.75) is 25.3 Å². The minimum Gasteiger partial charge on any atom is -0.365 e. The highest BCUT2D eigenvalue weighted by atomic mass is 32.1. The van der Waals surface area contributed by atoms with E-state index in [4.69, 9.17) is 12.2 Å². The minimum absolute atomic E-state index is 0.157. The van der Waals surface area contributed by atoms with Crippen LogP contribution in [0.4, 0.5) is 0 Å². The van der Waals surface area contributed by atoms with E-state index < -0.39 is 6.04 Å². The van der Waals surface area contributed by atoms with Crippen LogP contribution in [0, 0.1) is 0 Å². The lowest BCUT2D eigenvalue weighted by Gasteiger charge is -2.23. The summed E-state index contributed by atoms with van der Waals surface area (Å²) >= 11 is 5.02. The van der Waals surface area contributed by atoms with Crippen molar-refractivity contribution in [2.75, 3.05) is 13.6 Å². The van der Waals surface area contributed by atoms with Crippen LogP contribution in [0.1, 0.15) is 19.3 Å². The van der Waals surface area contributed by atoms with Crippen LogP contribution in [0.25, 0.3) is 0 Å². The molecule has 0 unspecified atom stereocenters. The molecule has 1 atom stereocenters. The summed E-state index contributed by atoms with van der Waals surface area (Å²) in [5, 5.41) is 5.57. The van der Waals surface area contributed by atoms with Crippen LogP contribution in [-0.4, -0.2) is 42.0 Å². The maximum atomic E-state index is 11.9. The molecule has 1 rings (SSSR count). The average molecular weight is 228 g/mol. The fourth-order valence-electron chi connectivity index (χ4n) is 1.58. The first-order chi connectivity index (χ1) is 7.20. The summed E-state index contributed by atoms with van der Waals surface area (Å²) in [5.74, 6) is -0.157. The van der Waals surface area contributed by atoms with Gasteiger partial charge in [0, 0.05) is 13.6 Å². The Balaban J connectivity index is 2.74. The molecule has 0 aromatic heterocycles. The van der Waals surface area contributed by atoms with Crippen LogP contribution in [-0.2, 0) is 9.59 Å². The van der Waals surface area contributed by atoms with Gasteiger partial charge in [0.2, 0.25) is 0 Å². The summed E-state index contributed by atoms with van der Waals surface area (Å²) in [5.41, 5.74) is 0. The molecular weight excluding hydrogens is 214 g/mol. The number of carbonyl (C=O) groups is 1. The standard InChI is InChI=1S/C9H14N3O2S/c1-10-9(15)12-5-3-2-4-7(8(12)14)11-6-13/h7H,2-5H2,1H3,(H,10,15)(H,11,13)/t7-/m0/s1. The molecule has 6 heteroatoms. The van der Waals surface area contributed by atoms with Gasteiger partial charge in [0.25, 0.3) is 5.91 Å². The summed E-state index contributed by atoms with van der Waals surface area (Å²) in [7, 11) is 1.68. The lowest BCUT2D eigenvalue weighted by molar-refractivity contribution is -0.128. The highest BCUT2D eigenvalue weighted by Gasteiger charge is 2.28. The van der Waals surface area contributed by atoms with Gasteiger partial charge in [-0.05, 0) is 31.5 Å². The predicted molar refractivity (Wildman–Crippen MR) is 59.8 cm³/mol. The van der Waals surface area contributed by atoms with Crippen LogP contribution < -0.4 is 10.6 Å². The van der Waals surface area contributed by atoms with E-state index in [9.17, 15) is 9.59 Å². The minimum atomic E-state index is -0.490. The Labute approximate surface area is 94.2 Å². The van der Waals surface area contributed by atoms with Crippen molar-refractivity contribution in [3.63, 3.8) is 0 Å². The van der Waals surface area contributed by atoms with Crippen molar-refractivity contribution in [2.24, 2.45) is 0 Å². The largest absolute Gasteiger partial charge is 0.365 e. The zero-order valence-electron chi connectivity index (χ0n) is 8.58. The molecule has 1 radical (unpaired) electrons. The monoisotopic (exact) mass is 228 g/mol. The SMILES string of the molecule is CNC(=S)N1CCCC[C@H](N[C]=O)C1=O. The Morgan fingerprint density at radius 2 is 2.33 bits per heavy atom. The van der Waals surface area contributed by atoms with E-state index in [-0.39, 0.29) is 5.91 Å². The van der Waals surface area contributed by atoms with Gasteiger partial charge in [0.15, 0.2) is 5.11 Å². The number of thiocarbonyl (C=S) groups is 1. The van der Waals surface area contributed by atoms with Crippen molar-refractivity contribution in [1.82, 2.24) is 15.5 Å². The zero-order valence-corrected chi connectivity index (χ0v) is 9.39. The predicted octanol–water partition coefficient (Wildman–Crippen LogP) is -0.471. The Kier molecular flexibility index (Phi) is 4.48. The molecule has 2 N–H and O–H groups in total. The molecule has 15 heavy (non-hydrogen) atoms. The number of hydrogen-bond acceptors (Lipinski definition) is 3. The molecule has 1 fully saturated rings. The Morgan fingerprint density at radius 3 is 2.93 bits per heavy atom. The van der Waals surface area contributed by atoms with E-state index in [1.165, 1.54) is 4.90 Å². The molecule has 0 spiro atoms. The van der Waals surface area contributed by atoms with E-state index in [0.717, 1.165) is 12.8 Å². The van der Waals surface area contributed by atoms with Gasteiger partial charge in [-0.25, -0.2) is 0 Å². The molecule has 1 aliphatic rings. The summed E-state index contributed by atoms with van der Waals surface area (Å²) in [6.07, 6.45) is 4.00. The number of rotatable bonds is 2. The third-order valence-electron chi connectivity index (χ3n) is 2.38. The summed E-state index contributed by atoms with van der Waals surface area (Å²) in [6.45, 7) is 0.607. The third kappa shape index (κ3) is 2.89. The first-order valence-corrected chi connectivity index (χ1v) is 5.27. The fourth-order valence-corrected chi connectivity index (χ4v) is 1.76. The molecular formula is C9H14N3O2S. The molecule has 0 aromatic rings. The van der Waals surface area contributed by atoms with E-state index in [1.807, 2.05) is 0 Å². The number of likely N-dealkylation sites (tertiary alicyclic amines) is 1. The van der Waals surface area contributed by atoms with Gasteiger partial charge in [-0.3, -0.25) is 14.5 Å². The fraction of sp³-hybridized carbons (Fsp3) is 0.667. The Bertz CT molecular complexity index is 270. The van der Waals surface area contributed by atoms with E-state index in [1.54, 1.807) is 13.5 Å². The first-order valence-electron chi connectivity index (χ1n) is 4.86. The van der Waals surface area contributed by atoms with Gasteiger partial charge in [-0.1, -0.05) is 0 Å².